The largest absolute Gasteiger partial charge is 0.468 e. The van der Waals surface area contributed by atoms with Gasteiger partial charge < -0.3 is 20.0 Å². The molecule has 2 aromatic rings. The van der Waals surface area contributed by atoms with Gasteiger partial charge in [-0.2, -0.15) is 0 Å². The Morgan fingerprint density at radius 1 is 1.32 bits per heavy atom. The van der Waals surface area contributed by atoms with Crippen LogP contribution in [-0.4, -0.2) is 49.6 Å². The van der Waals surface area contributed by atoms with E-state index in [1.54, 1.807) is 12.5 Å². The zero-order chi connectivity index (χ0) is 17.6. The molecule has 2 amide bonds. The third-order valence-electron chi connectivity index (χ3n) is 4.39. The van der Waals surface area contributed by atoms with Gasteiger partial charge in [0.15, 0.2) is 0 Å². The van der Waals surface area contributed by atoms with E-state index < -0.39 is 0 Å². The van der Waals surface area contributed by atoms with Crippen LogP contribution in [0.5, 0.6) is 0 Å². The van der Waals surface area contributed by atoms with Crippen LogP contribution in [0.15, 0.2) is 41.1 Å². The number of aromatic nitrogens is 1. The van der Waals surface area contributed by atoms with Gasteiger partial charge in [-0.3, -0.25) is 4.90 Å². The van der Waals surface area contributed by atoms with Gasteiger partial charge in [0, 0.05) is 19.6 Å². The Hall–Kier alpha value is -2.54. The molecule has 0 bridgehead atoms. The molecular weight excluding hydrogens is 318 g/mol. The maximum atomic E-state index is 12.1. The zero-order valence-corrected chi connectivity index (χ0v) is 14.7. The standard InChI is InChI=1S/C18H25N5O2/c1-22(2)15(16-6-5-11-25-16)13-20-18(24)21-14-7-8-17(19-12-14)23-9-3-4-10-23/h5-8,11-12,15H,3-4,9-10,13H2,1-2H3,(H2,20,21,24)/t15-/m0/s1. The number of hydrogen-bond acceptors (Lipinski definition) is 5. The predicted octanol–water partition coefficient (Wildman–Crippen LogP) is 2.70. The van der Waals surface area contributed by atoms with Crippen molar-refractivity contribution < 1.29 is 9.21 Å². The lowest BCUT2D eigenvalue weighted by molar-refractivity contribution is 0.233. The van der Waals surface area contributed by atoms with Gasteiger partial charge in [-0.05, 0) is 51.2 Å². The van der Waals surface area contributed by atoms with Crippen LogP contribution in [0.1, 0.15) is 24.6 Å². The van der Waals surface area contributed by atoms with Crippen LogP contribution in [0.25, 0.3) is 0 Å². The molecule has 134 valence electrons. The Morgan fingerprint density at radius 3 is 2.72 bits per heavy atom. The number of amides is 2. The van der Waals surface area contributed by atoms with E-state index >= 15 is 0 Å². The van der Waals surface area contributed by atoms with Crippen LogP contribution in [0.3, 0.4) is 0 Å². The van der Waals surface area contributed by atoms with Crippen molar-refractivity contribution in [2.75, 3.05) is 43.9 Å². The number of hydrogen-bond donors (Lipinski definition) is 2. The second-order valence-corrected chi connectivity index (χ2v) is 6.43. The molecule has 1 aliphatic heterocycles. The molecule has 7 heteroatoms. The van der Waals surface area contributed by atoms with E-state index in [4.69, 9.17) is 4.42 Å². The monoisotopic (exact) mass is 343 g/mol. The molecule has 1 atom stereocenters. The third-order valence-corrected chi connectivity index (χ3v) is 4.39. The minimum atomic E-state index is -0.255. The van der Waals surface area contributed by atoms with Crippen molar-refractivity contribution in [2.24, 2.45) is 0 Å². The SMILES string of the molecule is CN(C)[C@@H](CNC(=O)Nc1ccc(N2CCCC2)nc1)c1ccco1. The molecular formula is C18H25N5O2. The van der Waals surface area contributed by atoms with Gasteiger partial charge in [0.1, 0.15) is 11.6 Å². The molecule has 0 saturated carbocycles. The molecule has 0 spiro atoms. The highest BCUT2D eigenvalue weighted by Gasteiger charge is 2.18. The quantitative estimate of drug-likeness (QED) is 0.844. The molecule has 1 fully saturated rings. The highest BCUT2D eigenvalue weighted by atomic mass is 16.3. The first kappa shape index (κ1) is 17.3. The maximum Gasteiger partial charge on any atom is 0.319 e. The summed E-state index contributed by atoms with van der Waals surface area (Å²) in [5.74, 6) is 1.79. The number of likely N-dealkylation sites (N-methyl/N-ethyl adjacent to an activating group) is 1. The van der Waals surface area contributed by atoms with E-state index in [2.05, 4.69) is 20.5 Å². The first-order chi connectivity index (χ1) is 12.1. The lowest BCUT2D eigenvalue weighted by Gasteiger charge is -2.22. The van der Waals surface area contributed by atoms with Gasteiger partial charge in [-0.1, -0.05) is 0 Å². The number of furan rings is 1. The van der Waals surface area contributed by atoms with Crippen molar-refractivity contribution in [3.8, 4) is 0 Å². The van der Waals surface area contributed by atoms with Crippen LogP contribution in [0.4, 0.5) is 16.3 Å². The summed E-state index contributed by atoms with van der Waals surface area (Å²) in [6.07, 6.45) is 5.77. The molecule has 0 radical (unpaired) electrons. The summed E-state index contributed by atoms with van der Waals surface area (Å²) in [5, 5.41) is 5.70. The second-order valence-electron chi connectivity index (χ2n) is 6.43. The van der Waals surface area contributed by atoms with Crippen LogP contribution in [0.2, 0.25) is 0 Å². The van der Waals surface area contributed by atoms with Crippen molar-refractivity contribution >= 4 is 17.5 Å². The topological polar surface area (TPSA) is 73.6 Å². The van der Waals surface area contributed by atoms with E-state index in [9.17, 15) is 4.79 Å². The summed E-state index contributed by atoms with van der Waals surface area (Å²) in [6.45, 7) is 2.56. The fourth-order valence-corrected chi connectivity index (χ4v) is 2.98. The molecule has 0 unspecified atom stereocenters. The second kappa shape index (κ2) is 8.02. The number of rotatable bonds is 6. The molecule has 3 rings (SSSR count). The number of nitrogens with one attached hydrogen (secondary N) is 2. The highest BCUT2D eigenvalue weighted by molar-refractivity contribution is 5.89. The summed E-state index contributed by atoms with van der Waals surface area (Å²) >= 11 is 0. The molecule has 1 aliphatic rings. The molecule has 0 aromatic carbocycles. The number of pyridine rings is 1. The summed E-state index contributed by atoms with van der Waals surface area (Å²) < 4.78 is 5.44. The number of urea groups is 1. The highest BCUT2D eigenvalue weighted by Crippen LogP contribution is 2.19. The van der Waals surface area contributed by atoms with Crippen molar-refractivity contribution in [2.45, 2.75) is 18.9 Å². The Morgan fingerprint density at radius 2 is 2.12 bits per heavy atom. The lowest BCUT2D eigenvalue weighted by atomic mass is 10.2. The molecule has 1 saturated heterocycles. The Kier molecular flexibility index (Phi) is 5.55. The van der Waals surface area contributed by atoms with Crippen molar-refractivity contribution in [3.63, 3.8) is 0 Å². The average molecular weight is 343 g/mol. The average Bonchev–Trinajstić information content (AvgIpc) is 3.29. The predicted molar refractivity (Wildman–Crippen MR) is 97.8 cm³/mol. The fraction of sp³-hybridized carbons (Fsp3) is 0.444. The minimum absolute atomic E-state index is 0.0172. The minimum Gasteiger partial charge on any atom is -0.468 e. The Balaban J connectivity index is 1.51. The molecule has 2 N–H and O–H groups in total. The van der Waals surface area contributed by atoms with E-state index in [1.807, 2.05) is 43.3 Å². The number of carbonyl (C=O) groups excluding carboxylic acids is 1. The summed E-state index contributed by atoms with van der Waals surface area (Å²) in [6, 6.07) is 7.32. The molecule has 25 heavy (non-hydrogen) atoms. The Bertz CT molecular complexity index is 663. The number of nitrogens with zero attached hydrogens (tertiary/aromatic N) is 3. The number of carbonyl (C=O) groups is 1. The lowest BCUT2D eigenvalue weighted by Crippen LogP contribution is -2.36. The van der Waals surface area contributed by atoms with Gasteiger partial charge >= 0.3 is 6.03 Å². The van der Waals surface area contributed by atoms with E-state index in [0.717, 1.165) is 24.7 Å². The van der Waals surface area contributed by atoms with E-state index in [-0.39, 0.29) is 12.1 Å². The first-order valence-electron chi connectivity index (χ1n) is 8.59. The van der Waals surface area contributed by atoms with Crippen LogP contribution in [-0.2, 0) is 0 Å². The van der Waals surface area contributed by atoms with Gasteiger partial charge in [0.2, 0.25) is 0 Å². The van der Waals surface area contributed by atoms with Crippen molar-refractivity contribution in [3.05, 3.63) is 42.5 Å². The van der Waals surface area contributed by atoms with Crippen LogP contribution in [0, 0.1) is 0 Å². The van der Waals surface area contributed by atoms with Gasteiger partial charge in [-0.25, -0.2) is 9.78 Å². The summed E-state index contributed by atoms with van der Waals surface area (Å²) in [5.41, 5.74) is 0.680. The Labute approximate surface area is 148 Å². The summed E-state index contributed by atoms with van der Waals surface area (Å²) in [4.78, 5) is 20.8. The molecule has 2 aromatic heterocycles. The first-order valence-corrected chi connectivity index (χ1v) is 8.59. The molecule has 7 nitrogen and oxygen atoms in total. The molecule has 3 heterocycles. The fourth-order valence-electron chi connectivity index (χ4n) is 2.98. The van der Waals surface area contributed by atoms with Crippen molar-refractivity contribution in [1.82, 2.24) is 15.2 Å². The van der Waals surface area contributed by atoms with Crippen LogP contribution < -0.4 is 15.5 Å². The molecule has 0 aliphatic carbocycles. The van der Waals surface area contributed by atoms with E-state index in [1.165, 1.54) is 12.8 Å². The smallest absolute Gasteiger partial charge is 0.319 e. The van der Waals surface area contributed by atoms with Crippen LogP contribution >= 0.6 is 0 Å². The summed E-state index contributed by atoms with van der Waals surface area (Å²) in [7, 11) is 3.90. The van der Waals surface area contributed by atoms with Gasteiger partial charge in [0.05, 0.1) is 24.2 Å². The zero-order valence-electron chi connectivity index (χ0n) is 14.7. The maximum absolute atomic E-state index is 12.1. The van der Waals surface area contributed by atoms with Gasteiger partial charge in [-0.15, -0.1) is 0 Å². The normalized spacial score (nSPS) is 15.4. The third kappa shape index (κ3) is 4.51. The van der Waals surface area contributed by atoms with Gasteiger partial charge in [0.25, 0.3) is 0 Å². The van der Waals surface area contributed by atoms with E-state index in [0.29, 0.717) is 12.2 Å². The van der Waals surface area contributed by atoms with Crippen molar-refractivity contribution in [1.29, 1.82) is 0 Å². The number of anilines is 2.